The minimum absolute atomic E-state index is 0.0723. The Bertz CT molecular complexity index is 956. The molecule has 2 aromatic rings. The fourth-order valence-electron chi connectivity index (χ4n) is 4.87. The summed E-state index contributed by atoms with van der Waals surface area (Å²) in [4.78, 5) is 26.1. The number of carbonyl (C=O) groups excluding carboxylic acids is 1. The van der Waals surface area contributed by atoms with Gasteiger partial charge in [-0.3, -0.25) is 4.79 Å². The third-order valence-electron chi connectivity index (χ3n) is 6.43. The number of amides is 1. The quantitative estimate of drug-likeness (QED) is 0.329. The summed E-state index contributed by atoms with van der Waals surface area (Å²) < 4.78 is 6.31. The fourth-order valence-corrected chi connectivity index (χ4v) is 6.52. The van der Waals surface area contributed by atoms with Crippen molar-refractivity contribution in [2.24, 2.45) is 0 Å². The Morgan fingerprint density at radius 1 is 1.10 bits per heavy atom. The van der Waals surface area contributed by atoms with Gasteiger partial charge in [-0.1, -0.05) is 36.8 Å². The maximum atomic E-state index is 14.1. The van der Waals surface area contributed by atoms with Gasteiger partial charge in [0.05, 0.1) is 17.4 Å². The Hall–Kier alpha value is -2.31. The molecule has 0 spiro atoms. The molecule has 1 fully saturated rings. The molecule has 31 heavy (non-hydrogen) atoms. The average molecular weight is 441 g/mol. The van der Waals surface area contributed by atoms with Crippen LogP contribution in [-0.4, -0.2) is 29.6 Å². The number of nitrogens with zero attached hydrogens (tertiary/aromatic N) is 1. The second-order valence-corrected chi connectivity index (χ2v) is 9.65. The summed E-state index contributed by atoms with van der Waals surface area (Å²) in [6.45, 7) is 2.34. The zero-order chi connectivity index (χ0) is 21.8. The number of rotatable bonds is 7. The van der Waals surface area contributed by atoms with E-state index in [0.29, 0.717) is 18.8 Å². The summed E-state index contributed by atoms with van der Waals surface area (Å²) in [5.74, 6) is -0.127. The predicted octanol–water partition coefficient (Wildman–Crippen LogP) is 5.92. The van der Waals surface area contributed by atoms with Gasteiger partial charge in [-0.05, 0) is 43.9 Å². The lowest BCUT2D eigenvalue weighted by Crippen LogP contribution is -2.59. The highest BCUT2D eigenvalue weighted by atomic mass is 32.2. The summed E-state index contributed by atoms with van der Waals surface area (Å²) >= 11 is 1.65. The van der Waals surface area contributed by atoms with Gasteiger partial charge in [0, 0.05) is 25.3 Å². The largest absolute Gasteiger partial charge is 0.487 e. The molecule has 1 heterocycles. The molecule has 6 heteroatoms. The molecule has 0 saturated heterocycles. The van der Waals surface area contributed by atoms with Crippen LogP contribution in [0.3, 0.4) is 0 Å². The first-order valence-electron chi connectivity index (χ1n) is 11.2. The van der Waals surface area contributed by atoms with Crippen molar-refractivity contribution in [3.63, 3.8) is 0 Å². The van der Waals surface area contributed by atoms with Crippen LogP contribution in [0.1, 0.15) is 63.4 Å². The highest BCUT2D eigenvalue weighted by molar-refractivity contribution is 7.99. The normalized spacial score (nSPS) is 23.9. The molecule has 5 nitrogen and oxygen atoms in total. The number of hydrogen-bond donors (Lipinski definition) is 1. The van der Waals surface area contributed by atoms with Gasteiger partial charge >= 0.3 is 11.9 Å². The molecule has 1 saturated carbocycles. The van der Waals surface area contributed by atoms with Crippen LogP contribution in [0.2, 0.25) is 0 Å². The Balaban J connectivity index is 1.77. The summed E-state index contributed by atoms with van der Waals surface area (Å²) in [5, 5.41) is 8.93. The zero-order valence-electron chi connectivity index (χ0n) is 18.0. The van der Waals surface area contributed by atoms with E-state index in [-0.39, 0.29) is 28.2 Å². The van der Waals surface area contributed by atoms with Crippen LogP contribution >= 0.6 is 11.9 Å². The monoisotopic (exact) mass is 440 g/mol. The van der Waals surface area contributed by atoms with Crippen LogP contribution < -0.4 is 8.63 Å². The summed E-state index contributed by atoms with van der Waals surface area (Å²) in [5.41, 5.74) is 1.99. The van der Waals surface area contributed by atoms with Crippen molar-refractivity contribution in [1.29, 1.82) is 0 Å². The van der Waals surface area contributed by atoms with E-state index in [9.17, 15) is 9.59 Å². The third kappa shape index (κ3) is 4.23. The first-order chi connectivity index (χ1) is 15.0. The van der Waals surface area contributed by atoms with Gasteiger partial charge < -0.3 is 9.84 Å². The lowest BCUT2D eigenvalue weighted by molar-refractivity contribution is -0.137. The molecule has 164 valence electrons. The number of fused-ring (bicyclic) bond motifs is 1. The number of carboxylic acid groups (broad SMARTS) is 1. The molecule has 1 aliphatic heterocycles. The van der Waals surface area contributed by atoms with E-state index in [1.54, 1.807) is 11.9 Å². The van der Waals surface area contributed by atoms with E-state index in [0.717, 1.165) is 41.8 Å². The summed E-state index contributed by atoms with van der Waals surface area (Å²) in [6.07, 6.45) is 6.03. The summed E-state index contributed by atoms with van der Waals surface area (Å²) in [7, 11) is 0. The van der Waals surface area contributed by atoms with Crippen LogP contribution in [0.15, 0.2) is 53.4 Å². The molecular weight excluding hydrogens is 410 g/mol. The molecule has 2 aliphatic rings. The maximum absolute atomic E-state index is 14.1. The van der Waals surface area contributed by atoms with Gasteiger partial charge in [0.1, 0.15) is 18.0 Å². The lowest BCUT2D eigenvalue weighted by Gasteiger charge is -2.45. The second-order valence-electron chi connectivity index (χ2n) is 8.45. The van der Waals surface area contributed by atoms with E-state index in [2.05, 4.69) is 12.1 Å². The number of quaternary nitrogens is 1. The van der Waals surface area contributed by atoms with Crippen molar-refractivity contribution >= 4 is 29.5 Å². The summed E-state index contributed by atoms with van der Waals surface area (Å²) in [6, 6.07) is 16.3. The second kappa shape index (κ2) is 9.45. The van der Waals surface area contributed by atoms with Gasteiger partial charge in [0.15, 0.2) is 11.4 Å². The molecular formula is C25H30NO4S+. The highest BCUT2D eigenvalue weighted by Crippen LogP contribution is 2.54. The first kappa shape index (κ1) is 21.9. The van der Waals surface area contributed by atoms with Crippen LogP contribution in [-0.2, 0) is 9.59 Å². The highest BCUT2D eigenvalue weighted by Gasteiger charge is 2.55. The Kier molecular flexibility index (Phi) is 6.68. The fraction of sp³-hybridized carbons (Fsp3) is 0.440. The molecule has 2 atom stereocenters. The molecule has 1 N–H and O–H groups in total. The Morgan fingerprint density at radius 3 is 2.58 bits per heavy atom. The van der Waals surface area contributed by atoms with Crippen molar-refractivity contribution in [3.8, 4) is 5.75 Å². The lowest BCUT2D eigenvalue weighted by atomic mass is 9.91. The molecule has 4 rings (SSSR count). The number of hydrogen-bond acceptors (Lipinski definition) is 4. The molecule has 1 aliphatic carbocycles. The van der Waals surface area contributed by atoms with Gasteiger partial charge in [-0.25, -0.2) is 4.79 Å². The standard InChI is InChI=1S/C25H29NO4S/c1-18-20-12-5-8-15-23(20)31-26(25(18)29,19-10-3-2-4-11-19)21-13-6-7-14-22(21)30-17-9-16-24(27)28/h5-8,12-15,18-19H,2-4,9-11,16-17H2,1H3/p+1. The van der Waals surface area contributed by atoms with Crippen molar-refractivity contribution < 1.29 is 19.4 Å². The molecule has 1 amide bonds. The zero-order valence-corrected chi connectivity index (χ0v) is 18.8. The predicted molar refractivity (Wildman–Crippen MR) is 123 cm³/mol. The minimum Gasteiger partial charge on any atom is -0.487 e. The molecule has 2 unspecified atom stereocenters. The molecule has 2 aromatic carbocycles. The number of aliphatic carboxylic acids is 1. The van der Waals surface area contributed by atoms with E-state index in [4.69, 9.17) is 9.84 Å². The number of para-hydroxylation sites is 2. The van der Waals surface area contributed by atoms with Crippen molar-refractivity contribution in [2.75, 3.05) is 6.61 Å². The van der Waals surface area contributed by atoms with E-state index < -0.39 is 5.97 Å². The van der Waals surface area contributed by atoms with E-state index in [1.807, 2.05) is 43.3 Å². The number of benzene rings is 2. The van der Waals surface area contributed by atoms with Gasteiger partial charge in [-0.15, -0.1) is 0 Å². The Labute approximate surface area is 188 Å². The van der Waals surface area contributed by atoms with E-state index in [1.165, 1.54) is 6.42 Å². The minimum atomic E-state index is -0.824. The third-order valence-corrected chi connectivity index (χ3v) is 7.96. The topological polar surface area (TPSA) is 63.6 Å². The van der Waals surface area contributed by atoms with Gasteiger partial charge in [0.2, 0.25) is 0 Å². The number of carboxylic acids is 1. The van der Waals surface area contributed by atoms with Crippen LogP contribution in [0.25, 0.3) is 0 Å². The maximum Gasteiger partial charge on any atom is 0.338 e. The smallest absolute Gasteiger partial charge is 0.338 e. The number of carbonyl (C=O) groups is 2. The molecule has 0 aromatic heterocycles. The van der Waals surface area contributed by atoms with Crippen LogP contribution in [0, 0.1) is 0 Å². The number of ether oxygens (including phenoxy) is 1. The van der Waals surface area contributed by atoms with Crippen molar-refractivity contribution in [2.45, 2.75) is 68.7 Å². The van der Waals surface area contributed by atoms with E-state index >= 15 is 0 Å². The van der Waals surface area contributed by atoms with Gasteiger partial charge in [0.25, 0.3) is 0 Å². The average Bonchev–Trinajstić information content (AvgIpc) is 2.80. The van der Waals surface area contributed by atoms with Gasteiger partial charge in [-0.2, -0.15) is 3.89 Å². The Morgan fingerprint density at radius 2 is 1.81 bits per heavy atom. The molecule has 0 bridgehead atoms. The van der Waals surface area contributed by atoms with Crippen LogP contribution in [0.5, 0.6) is 5.75 Å². The van der Waals surface area contributed by atoms with Crippen molar-refractivity contribution in [1.82, 2.24) is 3.89 Å². The van der Waals surface area contributed by atoms with Crippen molar-refractivity contribution in [3.05, 3.63) is 54.1 Å². The van der Waals surface area contributed by atoms with Crippen LogP contribution in [0.4, 0.5) is 5.69 Å². The molecule has 0 radical (unpaired) electrons. The first-order valence-corrected chi connectivity index (χ1v) is 12.0. The SMILES string of the molecule is CC1C(=O)[N+](c2ccccc2OCCCC(=O)O)(C2CCCCC2)Sc2ccccc21.